The molecule has 0 unspecified atom stereocenters. The Bertz CT molecular complexity index is 534. The zero-order valence-electron chi connectivity index (χ0n) is 8.98. The van der Waals surface area contributed by atoms with Crippen molar-refractivity contribution in [2.24, 2.45) is 0 Å². The summed E-state index contributed by atoms with van der Waals surface area (Å²) in [6.07, 6.45) is 2.04. The van der Waals surface area contributed by atoms with Crippen LogP contribution < -0.4 is 0 Å². The van der Waals surface area contributed by atoms with Crippen molar-refractivity contribution >= 4 is 55.3 Å². The number of aromatic nitrogens is 1. The Kier molecular flexibility index (Phi) is 3.56. The second-order valence-corrected chi connectivity index (χ2v) is 6.12. The topological polar surface area (TPSA) is 8.17 Å². The van der Waals surface area contributed by atoms with E-state index in [4.69, 9.17) is 12.2 Å². The van der Waals surface area contributed by atoms with Crippen LogP contribution in [-0.2, 0) is 0 Å². The maximum Gasteiger partial charge on any atom is 0.156 e. The molecule has 1 aromatic carbocycles. The van der Waals surface area contributed by atoms with E-state index in [0.717, 1.165) is 8.79 Å². The Balaban J connectivity index is 2.35. The van der Waals surface area contributed by atoms with Crippen molar-refractivity contribution in [2.45, 2.75) is 0 Å². The van der Waals surface area contributed by atoms with E-state index in [1.54, 1.807) is 11.9 Å². The van der Waals surface area contributed by atoms with Crippen molar-refractivity contribution in [1.29, 1.82) is 0 Å². The van der Waals surface area contributed by atoms with Crippen LogP contribution in [0.3, 0.4) is 0 Å². The van der Waals surface area contributed by atoms with Crippen molar-refractivity contribution in [3.05, 3.63) is 34.9 Å². The number of nitrogens with zero attached hydrogens (tertiary/aromatic N) is 2. The molecule has 0 spiro atoms. The van der Waals surface area contributed by atoms with E-state index in [1.165, 1.54) is 10.9 Å². The first-order chi connectivity index (χ1) is 7.58. The number of fused-ring (bicyclic) bond motifs is 1. The number of thiocarbonyl (C=S) groups is 1. The first-order valence-electron chi connectivity index (χ1n) is 4.74. The zero-order chi connectivity index (χ0) is 11.7. The van der Waals surface area contributed by atoms with Gasteiger partial charge in [-0.15, -0.1) is 0 Å². The lowest BCUT2D eigenvalue weighted by Gasteiger charge is -2.13. The molecule has 16 heavy (non-hydrogen) atoms. The summed E-state index contributed by atoms with van der Waals surface area (Å²) in [6, 6.07) is 8.32. The minimum atomic E-state index is 0.848. The standard InChI is InChI=1S/C11H11BrN2S2/c1-13(2)11(15)16-14-6-5-8-7-9(12)3-4-10(8)14/h3-7H,1-2H3. The highest BCUT2D eigenvalue weighted by molar-refractivity contribution is 9.10. The summed E-state index contributed by atoms with van der Waals surface area (Å²) in [7, 11) is 3.91. The molecule has 0 amide bonds. The van der Waals surface area contributed by atoms with E-state index in [9.17, 15) is 0 Å². The van der Waals surface area contributed by atoms with Crippen molar-refractivity contribution in [3.8, 4) is 0 Å². The first kappa shape index (κ1) is 12.0. The predicted molar refractivity (Wildman–Crippen MR) is 78.9 cm³/mol. The van der Waals surface area contributed by atoms with Gasteiger partial charge in [0.1, 0.15) is 0 Å². The van der Waals surface area contributed by atoms with Gasteiger partial charge in [0, 0.05) is 42.1 Å². The van der Waals surface area contributed by atoms with Gasteiger partial charge < -0.3 is 4.90 Å². The summed E-state index contributed by atoms with van der Waals surface area (Å²) in [4.78, 5) is 1.94. The quantitative estimate of drug-likeness (QED) is 0.741. The Hall–Kier alpha value is -0.520. The van der Waals surface area contributed by atoms with Crippen molar-refractivity contribution in [2.75, 3.05) is 14.1 Å². The predicted octanol–water partition coefficient (Wildman–Crippen LogP) is 3.75. The molecule has 1 heterocycles. The number of rotatable bonds is 1. The third-order valence-electron chi connectivity index (χ3n) is 2.16. The van der Waals surface area contributed by atoms with Crippen molar-refractivity contribution in [1.82, 2.24) is 8.87 Å². The molecule has 0 aliphatic heterocycles. The van der Waals surface area contributed by atoms with Crippen LogP contribution in [0.4, 0.5) is 0 Å². The molecular formula is C11H11BrN2S2. The van der Waals surface area contributed by atoms with Gasteiger partial charge in [-0.05, 0) is 24.3 Å². The average Bonchev–Trinajstić information content (AvgIpc) is 2.60. The molecule has 2 nitrogen and oxygen atoms in total. The Morgan fingerprint density at radius 3 is 2.81 bits per heavy atom. The average molecular weight is 315 g/mol. The van der Waals surface area contributed by atoms with E-state index in [0.29, 0.717) is 0 Å². The molecule has 2 aromatic rings. The number of hydrogen-bond donors (Lipinski definition) is 0. The molecular weight excluding hydrogens is 304 g/mol. The third-order valence-corrected chi connectivity index (χ3v) is 4.28. The monoisotopic (exact) mass is 314 g/mol. The minimum Gasteiger partial charge on any atom is -0.362 e. The molecule has 0 aliphatic carbocycles. The Labute approximate surface area is 113 Å². The van der Waals surface area contributed by atoms with Gasteiger partial charge >= 0.3 is 0 Å². The highest BCUT2D eigenvalue weighted by Crippen LogP contribution is 2.25. The molecule has 1 aromatic heterocycles. The smallest absolute Gasteiger partial charge is 0.156 e. The Morgan fingerprint density at radius 2 is 2.12 bits per heavy atom. The molecule has 0 N–H and O–H groups in total. The highest BCUT2D eigenvalue weighted by Gasteiger charge is 2.06. The van der Waals surface area contributed by atoms with Gasteiger partial charge in [-0.25, -0.2) is 0 Å². The van der Waals surface area contributed by atoms with E-state index in [1.807, 2.05) is 31.3 Å². The molecule has 0 aliphatic rings. The van der Waals surface area contributed by atoms with Crippen LogP contribution in [-0.4, -0.2) is 27.3 Å². The van der Waals surface area contributed by atoms with E-state index in [2.05, 4.69) is 38.1 Å². The fourth-order valence-corrected chi connectivity index (χ4v) is 2.67. The lowest BCUT2D eigenvalue weighted by molar-refractivity contribution is 0.647. The summed E-state index contributed by atoms with van der Waals surface area (Å²) in [6.45, 7) is 0. The summed E-state index contributed by atoms with van der Waals surface area (Å²) in [5.74, 6) is 0. The van der Waals surface area contributed by atoms with Crippen molar-refractivity contribution in [3.63, 3.8) is 0 Å². The third kappa shape index (κ3) is 2.42. The van der Waals surface area contributed by atoms with Gasteiger partial charge in [-0.3, -0.25) is 3.97 Å². The van der Waals surface area contributed by atoms with Crippen LogP contribution in [0.25, 0.3) is 10.9 Å². The van der Waals surface area contributed by atoms with Crippen LogP contribution in [0.1, 0.15) is 0 Å². The van der Waals surface area contributed by atoms with E-state index in [-0.39, 0.29) is 0 Å². The maximum atomic E-state index is 5.27. The van der Waals surface area contributed by atoms with Gasteiger partial charge in [0.2, 0.25) is 0 Å². The molecule has 5 heteroatoms. The molecule has 0 atom stereocenters. The molecule has 0 fully saturated rings. The largest absolute Gasteiger partial charge is 0.362 e. The molecule has 2 rings (SSSR count). The number of benzene rings is 1. The van der Waals surface area contributed by atoms with Crippen LogP contribution >= 0.6 is 40.1 Å². The van der Waals surface area contributed by atoms with Crippen molar-refractivity contribution < 1.29 is 0 Å². The second kappa shape index (κ2) is 4.77. The minimum absolute atomic E-state index is 0.848. The summed E-state index contributed by atoms with van der Waals surface area (Å²) in [5.41, 5.74) is 1.18. The normalized spacial score (nSPS) is 10.7. The lowest BCUT2D eigenvalue weighted by Crippen LogP contribution is -2.17. The van der Waals surface area contributed by atoms with Crippen LogP contribution in [0.5, 0.6) is 0 Å². The van der Waals surface area contributed by atoms with Crippen LogP contribution in [0.15, 0.2) is 34.9 Å². The van der Waals surface area contributed by atoms with Crippen LogP contribution in [0, 0.1) is 0 Å². The molecule has 0 saturated carbocycles. The number of halogens is 1. The van der Waals surface area contributed by atoms with Gasteiger partial charge in [-0.2, -0.15) is 0 Å². The van der Waals surface area contributed by atoms with Gasteiger partial charge in [0.25, 0.3) is 0 Å². The summed E-state index contributed by atoms with van der Waals surface area (Å²) < 4.78 is 4.03. The summed E-state index contributed by atoms with van der Waals surface area (Å²) in [5, 5.41) is 1.21. The van der Waals surface area contributed by atoms with Gasteiger partial charge in [-0.1, -0.05) is 28.1 Å². The van der Waals surface area contributed by atoms with E-state index >= 15 is 0 Å². The van der Waals surface area contributed by atoms with Gasteiger partial charge in [0.05, 0.1) is 5.52 Å². The fraction of sp³-hybridized carbons (Fsp3) is 0.182. The SMILES string of the molecule is CN(C)C(=S)Sn1ccc2cc(Br)ccc21. The number of hydrogen-bond acceptors (Lipinski definition) is 2. The highest BCUT2D eigenvalue weighted by atomic mass is 79.9. The molecule has 84 valence electrons. The molecule has 0 bridgehead atoms. The van der Waals surface area contributed by atoms with Crippen LogP contribution in [0.2, 0.25) is 0 Å². The van der Waals surface area contributed by atoms with Gasteiger partial charge in [0.15, 0.2) is 4.32 Å². The Morgan fingerprint density at radius 1 is 1.38 bits per heavy atom. The fourth-order valence-electron chi connectivity index (χ4n) is 1.33. The lowest BCUT2D eigenvalue weighted by atomic mass is 10.3. The maximum absolute atomic E-state index is 5.27. The first-order valence-corrected chi connectivity index (χ1v) is 6.71. The molecule has 0 radical (unpaired) electrons. The molecule has 0 saturated heterocycles. The summed E-state index contributed by atoms with van der Waals surface area (Å²) >= 11 is 10.3. The van der Waals surface area contributed by atoms with E-state index < -0.39 is 0 Å². The zero-order valence-corrected chi connectivity index (χ0v) is 12.2. The second-order valence-electron chi connectivity index (χ2n) is 3.60.